The van der Waals surface area contributed by atoms with Gasteiger partial charge in [-0.1, -0.05) is 6.07 Å². The van der Waals surface area contributed by atoms with Gasteiger partial charge >= 0.3 is 5.97 Å². The number of cyclic esters (lactones) is 1. The highest BCUT2D eigenvalue weighted by Gasteiger charge is 2.51. The van der Waals surface area contributed by atoms with E-state index in [1.165, 1.54) is 11.0 Å². The molecule has 1 amide bonds. The first kappa shape index (κ1) is 22.6. The van der Waals surface area contributed by atoms with E-state index >= 15 is 0 Å². The van der Waals surface area contributed by atoms with Crippen molar-refractivity contribution in [1.82, 2.24) is 35.0 Å². The van der Waals surface area contributed by atoms with E-state index in [0.717, 1.165) is 19.3 Å². The van der Waals surface area contributed by atoms with Crippen LogP contribution in [0.5, 0.6) is 0 Å². The molecule has 0 saturated carbocycles. The molecule has 3 aliphatic heterocycles. The van der Waals surface area contributed by atoms with Crippen LogP contribution in [0, 0.1) is 5.41 Å². The molecule has 1 N–H and O–H groups in total. The number of hydrogen-bond acceptors (Lipinski definition) is 9. The first-order valence-corrected chi connectivity index (χ1v) is 11.5. The lowest BCUT2D eigenvalue weighted by atomic mass is 9.75. The molecule has 11 nitrogen and oxygen atoms in total. The number of rotatable bonds is 5. The number of tetrazole rings is 1. The van der Waals surface area contributed by atoms with Gasteiger partial charge in [-0.05, 0) is 69.6 Å². The molecule has 1 spiro atoms. The van der Waals surface area contributed by atoms with Crippen LogP contribution in [0.3, 0.4) is 0 Å². The van der Waals surface area contributed by atoms with E-state index in [4.69, 9.17) is 4.74 Å². The Labute approximate surface area is 197 Å². The van der Waals surface area contributed by atoms with Crippen LogP contribution in [0.4, 0.5) is 0 Å². The van der Waals surface area contributed by atoms with Gasteiger partial charge in [0.05, 0.1) is 22.8 Å². The van der Waals surface area contributed by atoms with Crippen LogP contribution in [0.25, 0.3) is 5.82 Å². The highest BCUT2D eigenvalue weighted by molar-refractivity contribution is 5.94. The summed E-state index contributed by atoms with van der Waals surface area (Å²) in [5.74, 6) is 0.331. The van der Waals surface area contributed by atoms with E-state index in [1.54, 1.807) is 24.1 Å². The van der Waals surface area contributed by atoms with E-state index in [-0.39, 0.29) is 18.5 Å². The number of amides is 1. The molecule has 0 bridgehead atoms. The van der Waals surface area contributed by atoms with Crippen molar-refractivity contribution in [2.24, 2.45) is 5.41 Å². The van der Waals surface area contributed by atoms with Crippen molar-refractivity contribution in [3.63, 3.8) is 0 Å². The second-order valence-corrected chi connectivity index (χ2v) is 9.88. The predicted octanol–water partition coefficient (Wildman–Crippen LogP) is 1.01. The van der Waals surface area contributed by atoms with Crippen LogP contribution in [-0.2, 0) is 14.3 Å². The SMILES string of the molecule is CC1=C(N2CCC3(CCN(C(C)(C)C(O)c4ccc(-n5cnnn5)nc4)CC3)C2=O)COC1=O. The molecule has 0 radical (unpaired) electrons. The molecule has 180 valence electrons. The van der Waals surface area contributed by atoms with E-state index in [1.807, 2.05) is 19.9 Å². The molecule has 2 aromatic rings. The standard InChI is InChI=1S/C23H29N7O4/c1-15-17(13-34-20(15)32)29-11-8-23(21(29)33)6-9-28(10-7-23)22(2,3)19(31)16-4-5-18(24-12-16)30-14-25-26-27-30/h4-5,12,14,19,31H,6-11,13H2,1-3H3. The van der Waals surface area contributed by atoms with Gasteiger partial charge in [0.25, 0.3) is 0 Å². The van der Waals surface area contributed by atoms with E-state index < -0.39 is 17.1 Å². The maximum Gasteiger partial charge on any atom is 0.336 e. The number of carbonyl (C=O) groups is 2. The van der Waals surface area contributed by atoms with Crippen molar-refractivity contribution in [3.8, 4) is 5.82 Å². The lowest BCUT2D eigenvalue weighted by Crippen LogP contribution is -2.54. The highest BCUT2D eigenvalue weighted by atomic mass is 16.5. The van der Waals surface area contributed by atoms with Gasteiger partial charge in [0.15, 0.2) is 5.82 Å². The zero-order valence-electron chi connectivity index (χ0n) is 19.6. The Balaban J connectivity index is 1.26. The van der Waals surface area contributed by atoms with Crippen molar-refractivity contribution >= 4 is 11.9 Å². The average Bonchev–Trinajstić information content (AvgIpc) is 3.56. The summed E-state index contributed by atoms with van der Waals surface area (Å²) in [6, 6.07) is 3.61. The monoisotopic (exact) mass is 467 g/mol. The van der Waals surface area contributed by atoms with Crippen molar-refractivity contribution < 1.29 is 19.4 Å². The lowest BCUT2D eigenvalue weighted by molar-refractivity contribution is -0.139. The topological polar surface area (TPSA) is 127 Å². The van der Waals surface area contributed by atoms with Gasteiger partial charge in [0.2, 0.25) is 5.91 Å². The Morgan fingerprint density at radius 2 is 1.88 bits per heavy atom. The van der Waals surface area contributed by atoms with E-state index in [9.17, 15) is 14.7 Å². The van der Waals surface area contributed by atoms with Crippen molar-refractivity contribution in [3.05, 3.63) is 41.5 Å². The van der Waals surface area contributed by atoms with Crippen molar-refractivity contribution in [2.75, 3.05) is 26.2 Å². The molecule has 34 heavy (non-hydrogen) atoms. The molecular weight excluding hydrogens is 438 g/mol. The van der Waals surface area contributed by atoms with Crippen LogP contribution in [0.15, 0.2) is 35.9 Å². The fourth-order valence-corrected chi connectivity index (χ4v) is 5.34. The number of hydrogen-bond donors (Lipinski definition) is 1. The maximum atomic E-state index is 13.4. The molecule has 2 saturated heterocycles. The largest absolute Gasteiger partial charge is 0.456 e. The summed E-state index contributed by atoms with van der Waals surface area (Å²) in [6.45, 7) is 7.96. The van der Waals surface area contributed by atoms with Gasteiger partial charge in [-0.25, -0.2) is 9.78 Å². The molecule has 3 aliphatic rings. The van der Waals surface area contributed by atoms with Crippen LogP contribution < -0.4 is 0 Å². The second kappa shape index (κ2) is 8.24. The minimum atomic E-state index is -0.762. The smallest absolute Gasteiger partial charge is 0.336 e. The van der Waals surface area contributed by atoms with Crippen LogP contribution in [-0.4, -0.2) is 83.8 Å². The number of nitrogens with zero attached hydrogens (tertiary/aromatic N) is 7. The van der Waals surface area contributed by atoms with Crippen LogP contribution in [0.2, 0.25) is 0 Å². The van der Waals surface area contributed by atoms with Crippen LogP contribution in [0.1, 0.15) is 51.7 Å². The minimum absolute atomic E-state index is 0.0977. The first-order valence-electron chi connectivity index (χ1n) is 11.5. The number of aromatic nitrogens is 5. The summed E-state index contributed by atoms with van der Waals surface area (Å²) >= 11 is 0. The molecule has 1 atom stereocenters. The second-order valence-electron chi connectivity index (χ2n) is 9.88. The summed E-state index contributed by atoms with van der Waals surface area (Å²) in [7, 11) is 0. The normalized spacial score (nSPS) is 22.1. The third-order valence-corrected chi connectivity index (χ3v) is 7.79. The zero-order valence-corrected chi connectivity index (χ0v) is 19.6. The average molecular weight is 468 g/mol. The summed E-state index contributed by atoms with van der Waals surface area (Å²) in [6.07, 6.45) is 4.56. The predicted molar refractivity (Wildman–Crippen MR) is 119 cm³/mol. The van der Waals surface area contributed by atoms with Crippen LogP contribution >= 0.6 is 0 Å². The van der Waals surface area contributed by atoms with Gasteiger partial charge in [-0.3, -0.25) is 9.69 Å². The Morgan fingerprint density at radius 1 is 1.15 bits per heavy atom. The zero-order chi connectivity index (χ0) is 24.1. The minimum Gasteiger partial charge on any atom is -0.456 e. The number of pyridine rings is 1. The number of aliphatic hydroxyl groups is 1. The quantitative estimate of drug-likeness (QED) is 0.641. The third kappa shape index (κ3) is 3.59. The maximum absolute atomic E-state index is 13.4. The highest BCUT2D eigenvalue weighted by Crippen LogP contribution is 2.46. The molecule has 1 unspecified atom stereocenters. The first-order chi connectivity index (χ1) is 16.2. The number of carbonyl (C=O) groups excluding carboxylic acids is 2. The number of likely N-dealkylation sites (tertiary alicyclic amines) is 2. The van der Waals surface area contributed by atoms with Gasteiger partial charge in [-0.15, -0.1) is 5.10 Å². The summed E-state index contributed by atoms with van der Waals surface area (Å²) in [5, 5.41) is 22.3. The van der Waals surface area contributed by atoms with E-state index in [0.29, 0.717) is 42.3 Å². The fourth-order valence-electron chi connectivity index (χ4n) is 5.34. The Bertz CT molecular complexity index is 1120. The fraction of sp³-hybridized carbons (Fsp3) is 0.565. The third-order valence-electron chi connectivity index (χ3n) is 7.79. The Morgan fingerprint density at radius 3 is 2.47 bits per heavy atom. The summed E-state index contributed by atoms with van der Waals surface area (Å²) in [5.41, 5.74) is 0.991. The Kier molecular flexibility index (Phi) is 5.48. The lowest BCUT2D eigenvalue weighted by Gasteiger charge is -2.47. The molecular formula is C23H29N7O4. The number of esters is 1. The molecule has 0 aliphatic carbocycles. The molecule has 5 rings (SSSR count). The molecule has 11 heteroatoms. The van der Waals surface area contributed by atoms with E-state index in [2.05, 4.69) is 25.4 Å². The molecule has 5 heterocycles. The molecule has 2 fully saturated rings. The number of aliphatic hydroxyl groups excluding tert-OH is 1. The van der Waals surface area contributed by atoms with Gasteiger partial charge in [0, 0.05) is 23.8 Å². The van der Waals surface area contributed by atoms with Crippen molar-refractivity contribution in [2.45, 2.75) is 51.7 Å². The number of ether oxygens (including phenoxy) is 1. The molecule has 2 aromatic heterocycles. The summed E-state index contributed by atoms with van der Waals surface area (Å²) < 4.78 is 6.57. The van der Waals surface area contributed by atoms with Gasteiger partial charge < -0.3 is 14.7 Å². The molecule has 0 aromatic carbocycles. The van der Waals surface area contributed by atoms with Gasteiger partial charge in [0.1, 0.15) is 12.9 Å². The van der Waals surface area contributed by atoms with Gasteiger partial charge in [-0.2, -0.15) is 4.68 Å². The number of piperidine rings is 1. The Hall–Kier alpha value is -3.18. The van der Waals surface area contributed by atoms with Crippen molar-refractivity contribution in [1.29, 1.82) is 0 Å². The summed E-state index contributed by atoms with van der Waals surface area (Å²) in [4.78, 5) is 33.5.